The average Bonchev–Trinajstić information content (AvgIpc) is 2.84. The van der Waals surface area contributed by atoms with Crippen LogP contribution < -0.4 is 27.4 Å². The maximum Gasteiger partial charge on any atom is 0.326 e. The summed E-state index contributed by atoms with van der Waals surface area (Å²) in [4.78, 5) is 72.5. The van der Waals surface area contributed by atoms with E-state index < -0.39 is 78.5 Å². The Morgan fingerprint density at radius 2 is 1.45 bits per heavy atom. The molecule has 0 saturated heterocycles. The molecule has 0 radical (unpaired) electrons. The molecule has 10 N–H and O–H groups in total. The molecule has 0 aliphatic carbocycles. The summed E-state index contributed by atoms with van der Waals surface area (Å²) in [5, 5.41) is 35.3. The van der Waals surface area contributed by atoms with Crippen LogP contribution in [0.5, 0.6) is 5.75 Å². The van der Waals surface area contributed by atoms with Crippen molar-refractivity contribution in [1.29, 1.82) is 0 Å². The molecule has 0 aliphatic rings. The smallest absolute Gasteiger partial charge is 0.326 e. The van der Waals surface area contributed by atoms with Crippen molar-refractivity contribution in [2.24, 2.45) is 17.4 Å². The second kappa shape index (κ2) is 15.1. The molecular weight excluding hydrogens is 502 g/mol. The molecule has 38 heavy (non-hydrogen) atoms. The van der Waals surface area contributed by atoms with Gasteiger partial charge in [-0.2, -0.15) is 0 Å². The first kappa shape index (κ1) is 31.8. The first-order valence-electron chi connectivity index (χ1n) is 11.9. The topological polar surface area (TPSA) is 251 Å². The van der Waals surface area contributed by atoms with Gasteiger partial charge in [0.2, 0.25) is 23.6 Å². The van der Waals surface area contributed by atoms with Gasteiger partial charge in [-0.05, 0) is 30.0 Å². The van der Waals surface area contributed by atoms with Gasteiger partial charge < -0.3 is 42.7 Å². The highest BCUT2D eigenvalue weighted by atomic mass is 16.4. The Labute approximate surface area is 219 Å². The van der Waals surface area contributed by atoms with Gasteiger partial charge >= 0.3 is 11.9 Å². The van der Waals surface area contributed by atoms with Crippen LogP contribution >= 0.6 is 0 Å². The van der Waals surface area contributed by atoms with E-state index in [0.717, 1.165) is 0 Å². The van der Waals surface area contributed by atoms with Crippen LogP contribution in [0.2, 0.25) is 0 Å². The van der Waals surface area contributed by atoms with Gasteiger partial charge in [-0.1, -0.05) is 32.4 Å². The summed E-state index contributed by atoms with van der Waals surface area (Å²) in [6, 6.07) is 0.299. The predicted molar refractivity (Wildman–Crippen MR) is 133 cm³/mol. The number of nitrogens with two attached hydrogens (primary N) is 2. The Morgan fingerprint density at radius 1 is 0.895 bits per heavy atom. The summed E-state index contributed by atoms with van der Waals surface area (Å²) in [5.74, 6) is -6.54. The maximum atomic E-state index is 13.1. The summed E-state index contributed by atoms with van der Waals surface area (Å²) < 4.78 is 0. The number of carboxylic acids is 2. The lowest BCUT2D eigenvalue weighted by Crippen LogP contribution is -2.58. The van der Waals surface area contributed by atoms with E-state index in [1.54, 1.807) is 13.8 Å². The standard InChI is InChI=1S/C24H35N5O9/c1-3-12(2)20(24(37)38)29-23(36)17(10-13-4-6-14(30)7-5-13)28-22(35)16(8-9-19(32)33)27-21(34)15(25)11-18(26)31/h4-7,12,15-17,20,30H,3,8-11,25H2,1-2H3,(H2,26,31)(H,27,34)(H,28,35)(H,29,36)(H,32,33)(H,37,38). The number of aromatic hydroxyl groups is 1. The fourth-order valence-corrected chi connectivity index (χ4v) is 3.41. The molecule has 4 amide bonds. The molecule has 0 fully saturated rings. The minimum Gasteiger partial charge on any atom is -0.508 e. The molecule has 210 valence electrons. The number of carbonyl (C=O) groups excluding carboxylic acids is 4. The minimum absolute atomic E-state index is 0.0368. The normalized spacial score (nSPS) is 14.7. The fourth-order valence-electron chi connectivity index (χ4n) is 3.41. The van der Waals surface area contributed by atoms with E-state index in [2.05, 4.69) is 16.0 Å². The number of aliphatic carboxylic acids is 2. The van der Waals surface area contributed by atoms with Crippen LogP contribution in [0.3, 0.4) is 0 Å². The number of phenolic OH excluding ortho intramolecular Hbond substituents is 1. The maximum absolute atomic E-state index is 13.1. The number of phenols is 1. The zero-order valence-corrected chi connectivity index (χ0v) is 21.2. The molecule has 5 atom stereocenters. The van der Waals surface area contributed by atoms with Gasteiger partial charge in [-0.3, -0.25) is 24.0 Å². The van der Waals surface area contributed by atoms with Crippen LogP contribution in [-0.2, 0) is 35.2 Å². The van der Waals surface area contributed by atoms with Crippen molar-refractivity contribution < 1.29 is 44.1 Å². The van der Waals surface area contributed by atoms with Crippen molar-refractivity contribution in [3.63, 3.8) is 0 Å². The zero-order chi connectivity index (χ0) is 29.0. The first-order chi connectivity index (χ1) is 17.7. The van der Waals surface area contributed by atoms with Gasteiger partial charge in [0, 0.05) is 12.8 Å². The molecule has 0 aliphatic heterocycles. The number of hydrogen-bond donors (Lipinski definition) is 8. The van der Waals surface area contributed by atoms with Crippen molar-refractivity contribution in [2.75, 3.05) is 0 Å². The summed E-state index contributed by atoms with van der Waals surface area (Å²) in [6.45, 7) is 3.39. The summed E-state index contributed by atoms with van der Waals surface area (Å²) in [5.41, 5.74) is 11.2. The van der Waals surface area contributed by atoms with Gasteiger partial charge in [0.15, 0.2) is 0 Å². The SMILES string of the molecule is CCC(C)C(NC(=O)C(Cc1ccc(O)cc1)NC(=O)C(CCC(=O)O)NC(=O)C(N)CC(N)=O)C(=O)O. The summed E-state index contributed by atoms with van der Waals surface area (Å²) in [6.07, 6.45) is -1.08. The van der Waals surface area contributed by atoms with Gasteiger partial charge in [0.05, 0.1) is 12.5 Å². The number of amides is 4. The highest BCUT2D eigenvalue weighted by molar-refractivity contribution is 5.95. The van der Waals surface area contributed by atoms with Gasteiger partial charge in [0.1, 0.15) is 23.9 Å². The minimum atomic E-state index is -1.45. The van der Waals surface area contributed by atoms with Crippen molar-refractivity contribution >= 4 is 35.6 Å². The molecule has 1 aromatic rings. The highest BCUT2D eigenvalue weighted by Crippen LogP contribution is 2.13. The quantitative estimate of drug-likeness (QED) is 0.122. The number of primary amides is 1. The second-order valence-corrected chi connectivity index (χ2v) is 8.91. The lowest BCUT2D eigenvalue weighted by atomic mass is 9.98. The number of nitrogens with one attached hydrogen (secondary N) is 3. The van der Waals surface area contributed by atoms with Crippen LogP contribution in [-0.4, -0.2) is 75.1 Å². The van der Waals surface area contributed by atoms with Crippen LogP contribution in [0.15, 0.2) is 24.3 Å². The second-order valence-electron chi connectivity index (χ2n) is 8.91. The molecule has 0 aromatic heterocycles. The Kier molecular flexibility index (Phi) is 12.7. The number of hydrogen-bond acceptors (Lipinski definition) is 8. The molecule has 0 saturated carbocycles. The van der Waals surface area contributed by atoms with E-state index in [1.165, 1.54) is 24.3 Å². The molecule has 0 spiro atoms. The van der Waals surface area contributed by atoms with Crippen molar-refractivity contribution in [2.45, 2.75) is 70.1 Å². The summed E-state index contributed by atoms with van der Waals surface area (Å²) >= 11 is 0. The molecule has 1 aromatic carbocycles. The van der Waals surface area contributed by atoms with Crippen molar-refractivity contribution in [3.05, 3.63) is 29.8 Å². The van der Waals surface area contributed by atoms with Crippen LogP contribution in [0.1, 0.15) is 45.1 Å². The van der Waals surface area contributed by atoms with Crippen LogP contribution in [0.4, 0.5) is 0 Å². The molecule has 0 heterocycles. The van der Waals surface area contributed by atoms with Gasteiger partial charge in [-0.15, -0.1) is 0 Å². The Hall–Kier alpha value is -4.20. The van der Waals surface area contributed by atoms with E-state index >= 15 is 0 Å². The molecule has 1 rings (SSSR count). The fraction of sp³-hybridized carbons (Fsp3) is 0.500. The third-order valence-corrected chi connectivity index (χ3v) is 5.82. The lowest BCUT2D eigenvalue weighted by Gasteiger charge is -2.26. The Bertz CT molecular complexity index is 1020. The Morgan fingerprint density at radius 3 is 1.95 bits per heavy atom. The third kappa shape index (κ3) is 10.8. The third-order valence-electron chi connectivity index (χ3n) is 5.82. The highest BCUT2D eigenvalue weighted by Gasteiger charge is 2.32. The Balaban J connectivity index is 3.21. The monoisotopic (exact) mass is 537 g/mol. The van der Waals surface area contributed by atoms with Crippen molar-refractivity contribution in [1.82, 2.24) is 16.0 Å². The average molecular weight is 538 g/mol. The number of carbonyl (C=O) groups is 6. The van der Waals surface area contributed by atoms with E-state index in [1.807, 2.05) is 0 Å². The molecule has 5 unspecified atom stereocenters. The lowest BCUT2D eigenvalue weighted by molar-refractivity contribution is -0.143. The zero-order valence-electron chi connectivity index (χ0n) is 21.2. The van der Waals surface area contributed by atoms with Crippen LogP contribution in [0.25, 0.3) is 0 Å². The number of carboxylic acid groups (broad SMARTS) is 2. The summed E-state index contributed by atoms with van der Waals surface area (Å²) in [7, 11) is 0. The van der Waals surface area contributed by atoms with Gasteiger partial charge in [0.25, 0.3) is 0 Å². The first-order valence-corrected chi connectivity index (χ1v) is 11.9. The predicted octanol–water partition coefficient (Wildman–Crippen LogP) is -1.41. The van der Waals surface area contributed by atoms with Crippen molar-refractivity contribution in [3.8, 4) is 5.75 Å². The van der Waals surface area contributed by atoms with E-state index in [4.69, 9.17) is 16.6 Å². The largest absolute Gasteiger partial charge is 0.508 e. The number of rotatable bonds is 16. The molecule has 14 nitrogen and oxygen atoms in total. The van der Waals surface area contributed by atoms with Gasteiger partial charge in [-0.25, -0.2) is 4.79 Å². The van der Waals surface area contributed by atoms with Crippen LogP contribution in [0, 0.1) is 5.92 Å². The number of benzene rings is 1. The van der Waals surface area contributed by atoms with E-state index in [-0.39, 0.29) is 18.6 Å². The molecule has 0 bridgehead atoms. The molecule has 14 heteroatoms. The van der Waals surface area contributed by atoms with E-state index in [9.17, 15) is 39.0 Å². The van der Waals surface area contributed by atoms with E-state index in [0.29, 0.717) is 12.0 Å². The molecular formula is C24H35N5O9.